The van der Waals surface area contributed by atoms with E-state index in [0.717, 1.165) is 26.1 Å². The van der Waals surface area contributed by atoms with Crippen molar-refractivity contribution in [3.05, 3.63) is 0 Å². The highest BCUT2D eigenvalue weighted by atomic mass is 32.2. The number of hydrogen-bond donors (Lipinski definition) is 0. The summed E-state index contributed by atoms with van der Waals surface area (Å²) in [6.45, 7) is 3.50. The fourth-order valence-electron chi connectivity index (χ4n) is 0.505. The molecule has 0 radical (unpaired) electrons. The average Bonchev–Trinajstić information content (AvgIpc) is 1.89. The van der Waals surface area contributed by atoms with E-state index in [0.29, 0.717) is 17.9 Å². The van der Waals surface area contributed by atoms with Gasteiger partial charge in [0.2, 0.25) is 0 Å². The van der Waals surface area contributed by atoms with Gasteiger partial charge in [0, 0.05) is 31.1 Å². The van der Waals surface area contributed by atoms with Crippen molar-refractivity contribution in [2.24, 2.45) is 0 Å². The summed E-state index contributed by atoms with van der Waals surface area (Å²) in [5.41, 5.74) is 0. The molecule has 0 aromatic carbocycles. The van der Waals surface area contributed by atoms with Crippen LogP contribution in [0.3, 0.4) is 0 Å². The van der Waals surface area contributed by atoms with Gasteiger partial charge < -0.3 is 4.74 Å². The van der Waals surface area contributed by atoms with Crippen molar-refractivity contribution in [1.82, 2.24) is 0 Å². The molecule has 0 bridgehead atoms. The molecule has 0 unspecified atom stereocenters. The molecule has 0 aromatic rings. The third kappa shape index (κ3) is 8.24. The van der Waals surface area contributed by atoms with E-state index < -0.39 is 0 Å². The molecule has 0 aromatic heterocycles. The Balaban J connectivity index is 2.60. The molecule has 3 heteroatoms. The van der Waals surface area contributed by atoms with Crippen LogP contribution < -0.4 is 0 Å². The summed E-state index contributed by atoms with van der Waals surface area (Å²) in [4.78, 5) is 0. The van der Waals surface area contributed by atoms with Crippen LogP contribution in [0.1, 0.15) is 19.8 Å². The number of rotatable bonds is 6. The molecule has 0 aliphatic heterocycles. The highest BCUT2D eigenvalue weighted by Gasteiger charge is 1.87. The highest BCUT2D eigenvalue weighted by molar-refractivity contribution is 7.94. The zero-order valence-corrected chi connectivity index (χ0v) is 6.55. The molecule has 0 spiro atoms. The van der Waals surface area contributed by atoms with Gasteiger partial charge in [-0.3, -0.25) is 0 Å². The fourth-order valence-corrected chi connectivity index (χ4v) is 0.818. The van der Waals surface area contributed by atoms with E-state index in [4.69, 9.17) is 4.74 Å². The summed E-state index contributed by atoms with van der Waals surface area (Å²) in [6.07, 6.45) is 1.89. The van der Waals surface area contributed by atoms with Gasteiger partial charge in [0.15, 0.2) is 0 Å². The first-order chi connectivity index (χ1) is 4.41. The average molecular weight is 152 g/mol. The van der Waals surface area contributed by atoms with Crippen LogP contribution in [0.25, 0.3) is 0 Å². The summed E-state index contributed by atoms with van der Waals surface area (Å²) < 4.78 is 16.4. The SMILES string of the molecule is CCOCCCCSF. The first-order valence-corrected chi connectivity index (χ1v) is 4.11. The van der Waals surface area contributed by atoms with Crippen molar-refractivity contribution in [1.29, 1.82) is 0 Å². The van der Waals surface area contributed by atoms with Crippen LogP contribution in [-0.4, -0.2) is 19.0 Å². The standard InChI is InChI=1S/C6H13FOS/c1-2-8-5-3-4-6-9-7/h2-6H2,1H3. The molecule has 0 N–H and O–H groups in total. The predicted molar refractivity (Wildman–Crippen MR) is 39.3 cm³/mol. The second kappa shape index (κ2) is 8.24. The monoisotopic (exact) mass is 152 g/mol. The van der Waals surface area contributed by atoms with Gasteiger partial charge in [-0.2, -0.15) is 3.89 Å². The Morgan fingerprint density at radius 1 is 1.44 bits per heavy atom. The van der Waals surface area contributed by atoms with Gasteiger partial charge in [-0.05, 0) is 19.8 Å². The van der Waals surface area contributed by atoms with E-state index in [9.17, 15) is 3.89 Å². The zero-order chi connectivity index (χ0) is 6.95. The van der Waals surface area contributed by atoms with Crippen molar-refractivity contribution in [2.75, 3.05) is 19.0 Å². The Kier molecular flexibility index (Phi) is 8.46. The maximum atomic E-state index is 11.4. The van der Waals surface area contributed by atoms with Crippen LogP contribution in [0, 0.1) is 0 Å². The van der Waals surface area contributed by atoms with E-state index in [1.807, 2.05) is 6.92 Å². The molecule has 1 nitrogen and oxygen atoms in total. The van der Waals surface area contributed by atoms with Crippen LogP contribution in [-0.2, 0) is 4.74 Å². The Bertz CT molecular complexity index is 46.3. The van der Waals surface area contributed by atoms with Gasteiger partial charge >= 0.3 is 0 Å². The molecular formula is C6H13FOS. The van der Waals surface area contributed by atoms with Crippen LogP contribution in [0.2, 0.25) is 0 Å². The predicted octanol–water partition coefficient (Wildman–Crippen LogP) is 2.42. The van der Waals surface area contributed by atoms with E-state index in [1.54, 1.807) is 0 Å². The maximum Gasteiger partial charge on any atom is 0.0466 e. The molecule has 0 rings (SSSR count). The second-order valence-electron chi connectivity index (χ2n) is 1.72. The Hall–Kier alpha value is 0.240. The number of hydrogen-bond acceptors (Lipinski definition) is 2. The molecule has 0 heterocycles. The van der Waals surface area contributed by atoms with Gasteiger partial charge in [0.25, 0.3) is 0 Å². The third-order valence-electron chi connectivity index (χ3n) is 0.964. The first-order valence-electron chi connectivity index (χ1n) is 3.23. The molecule has 9 heavy (non-hydrogen) atoms. The minimum Gasteiger partial charge on any atom is -0.382 e. The molecule has 56 valence electrons. The summed E-state index contributed by atoms with van der Waals surface area (Å²) in [5.74, 6) is 0.604. The summed E-state index contributed by atoms with van der Waals surface area (Å²) in [6, 6.07) is 0. The Morgan fingerprint density at radius 2 is 2.22 bits per heavy atom. The van der Waals surface area contributed by atoms with Crippen molar-refractivity contribution >= 4 is 12.1 Å². The molecule has 0 fully saturated rings. The van der Waals surface area contributed by atoms with E-state index >= 15 is 0 Å². The molecule has 0 atom stereocenters. The molecule has 0 amide bonds. The lowest BCUT2D eigenvalue weighted by Crippen LogP contribution is -1.93. The third-order valence-corrected chi connectivity index (χ3v) is 1.41. The number of ether oxygens (including phenoxy) is 1. The first kappa shape index (κ1) is 9.24. The molecule has 0 saturated heterocycles. The van der Waals surface area contributed by atoms with Crippen molar-refractivity contribution < 1.29 is 8.62 Å². The molecular weight excluding hydrogens is 139 g/mol. The van der Waals surface area contributed by atoms with Crippen molar-refractivity contribution in [2.45, 2.75) is 19.8 Å². The van der Waals surface area contributed by atoms with E-state index in [1.165, 1.54) is 0 Å². The summed E-state index contributed by atoms with van der Waals surface area (Å²) in [5, 5.41) is 0. The van der Waals surface area contributed by atoms with Crippen LogP contribution >= 0.6 is 12.1 Å². The zero-order valence-electron chi connectivity index (χ0n) is 5.73. The molecule has 0 aliphatic rings. The smallest absolute Gasteiger partial charge is 0.0466 e. The summed E-state index contributed by atoms with van der Waals surface area (Å²) in [7, 11) is 0. The van der Waals surface area contributed by atoms with Gasteiger partial charge in [0.1, 0.15) is 0 Å². The van der Waals surface area contributed by atoms with Crippen molar-refractivity contribution in [3.63, 3.8) is 0 Å². The molecule has 0 saturated carbocycles. The van der Waals surface area contributed by atoms with E-state index in [2.05, 4.69) is 0 Å². The summed E-state index contributed by atoms with van der Waals surface area (Å²) >= 11 is 0.404. The van der Waals surface area contributed by atoms with Gasteiger partial charge in [-0.15, -0.1) is 0 Å². The minimum atomic E-state index is 0.404. The quantitative estimate of drug-likeness (QED) is 0.540. The van der Waals surface area contributed by atoms with Crippen molar-refractivity contribution in [3.8, 4) is 0 Å². The number of halogens is 1. The Morgan fingerprint density at radius 3 is 2.78 bits per heavy atom. The van der Waals surface area contributed by atoms with Gasteiger partial charge in [-0.1, -0.05) is 0 Å². The molecule has 0 aliphatic carbocycles. The lowest BCUT2D eigenvalue weighted by Gasteiger charge is -1.97. The second-order valence-corrected chi connectivity index (χ2v) is 2.34. The van der Waals surface area contributed by atoms with Gasteiger partial charge in [-0.25, -0.2) is 0 Å². The van der Waals surface area contributed by atoms with Crippen LogP contribution in [0.15, 0.2) is 0 Å². The lowest BCUT2D eigenvalue weighted by molar-refractivity contribution is 0.144. The van der Waals surface area contributed by atoms with Gasteiger partial charge in [0.05, 0.1) is 0 Å². The van der Waals surface area contributed by atoms with E-state index in [-0.39, 0.29) is 0 Å². The number of unbranched alkanes of at least 4 members (excludes halogenated alkanes) is 1. The maximum absolute atomic E-state index is 11.4. The normalized spacial score (nSPS) is 10.0. The lowest BCUT2D eigenvalue weighted by atomic mass is 10.4. The highest BCUT2D eigenvalue weighted by Crippen LogP contribution is 2.03. The van der Waals surface area contributed by atoms with Crippen LogP contribution in [0.5, 0.6) is 0 Å². The Labute approximate surface area is 60.3 Å². The topological polar surface area (TPSA) is 9.23 Å². The fraction of sp³-hybridized carbons (Fsp3) is 1.00. The minimum absolute atomic E-state index is 0.404. The van der Waals surface area contributed by atoms with Crippen LogP contribution in [0.4, 0.5) is 3.89 Å². The largest absolute Gasteiger partial charge is 0.382 e.